The molecule has 0 bridgehead atoms. The van der Waals surface area contributed by atoms with E-state index < -0.39 is 0 Å². The highest BCUT2D eigenvalue weighted by Gasteiger charge is 2.07. The minimum Gasteiger partial charge on any atom is -0.356 e. The number of thiazole rings is 1. The standard InChI is InChI=1S/C19H28N4S.HI/c1-13-6-8-17(9-7-13)14(2)12-22-19(20-5)21-11-10-18-23-15(3)16(4)24-18;/h6-9,14H,10-12H2,1-5H3,(H2,20,21,22);1H. The molecule has 0 amide bonds. The molecular weight excluding hydrogens is 443 g/mol. The van der Waals surface area contributed by atoms with Crippen LogP contribution in [0.4, 0.5) is 0 Å². The van der Waals surface area contributed by atoms with E-state index >= 15 is 0 Å². The van der Waals surface area contributed by atoms with Crippen LogP contribution in [0.2, 0.25) is 0 Å². The van der Waals surface area contributed by atoms with Gasteiger partial charge in [0.25, 0.3) is 0 Å². The molecule has 1 unspecified atom stereocenters. The van der Waals surface area contributed by atoms with E-state index in [4.69, 9.17) is 0 Å². The molecule has 0 saturated heterocycles. The van der Waals surface area contributed by atoms with Crippen LogP contribution in [0.15, 0.2) is 29.3 Å². The highest BCUT2D eigenvalue weighted by Crippen LogP contribution is 2.16. The van der Waals surface area contributed by atoms with Crippen molar-refractivity contribution in [3.8, 4) is 0 Å². The third-order valence-electron chi connectivity index (χ3n) is 4.15. The molecule has 0 aliphatic carbocycles. The van der Waals surface area contributed by atoms with E-state index in [1.165, 1.54) is 21.0 Å². The fourth-order valence-corrected chi connectivity index (χ4v) is 3.35. The second-order valence-corrected chi connectivity index (χ2v) is 7.48. The minimum absolute atomic E-state index is 0. The average molecular weight is 472 g/mol. The molecule has 138 valence electrons. The molecule has 0 fully saturated rings. The van der Waals surface area contributed by atoms with Crippen LogP contribution < -0.4 is 10.6 Å². The summed E-state index contributed by atoms with van der Waals surface area (Å²) in [5.41, 5.74) is 3.78. The number of hydrogen-bond acceptors (Lipinski definition) is 3. The van der Waals surface area contributed by atoms with Crippen molar-refractivity contribution in [3.05, 3.63) is 51.0 Å². The van der Waals surface area contributed by atoms with Crippen molar-refractivity contribution in [2.75, 3.05) is 20.1 Å². The normalized spacial score (nSPS) is 12.4. The van der Waals surface area contributed by atoms with Gasteiger partial charge in [-0.2, -0.15) is 0 Å². The van der Waals surface area contributed by atoms with Gasteiger partial charge in [-0.25, -0.2) is 4.98 Å². The zero-order valence-corrected chi connectivity index (χ0v) is 18.9. The summed E-state index contributed by atoms with van der Waals surface area (Å²) >= 11 is 1.78. The molecule has 1 aromatic heterocycles. The first-order valence-corrected chi connectivity index (χ1v) is 9.25. The zero-order chi connectivity index (χ0) is 17.5. The predicted molar refractivity (Wildman–Crippen MR) is 120 cm³/mol. The fourth-order valence-electron chi connectivity index (χ4n) is 2.42. The number of nitrogens with zero attached hydrogens (tertiary/aromatic N) is 2. The Morgan fingerprint density at radius 2 is 1.84 bits per heavy atom. The van der Waals surface area contributed by atoms with Crippen molar-refractivity contribution in [2.24, 2.45) is 4.99 Å². The average Bonchev–Trinajstić information content (AvgIpc) is 2.89. The van der Waals surface area contributed by atoms with Gasteiger partial charge in [0.05, 0.1) is 10.7 Å². The maximum absolute atomic E-state index is 4.57. The number of guanidine groups is 1. The lowest BCUT2D eigenvalue weighted by Gasteiger charge is -2.16. The van der Waals surface area contributed by atoms with Gasteiger partial charge in [-0.1, -0.05) is 36.8 Å². The van der Waals surface area contributed by atoms with Gasteiger partial charge in [0.1, 0.15) is 0 Å². The Kier molecular flexibility index (Phi) is 9.42. The Hall–Kier alpha value is -1.15. The van der Waals surface area contributed by atoms with Gasteiger partial charge in [-0.3, -0.25) is 4.99 Å². The van der Waals surface area contributed by atoms with E-state index in [9.17, 15) is 0 Å². The number of benzene rings is 1. The smallest absolute Gasteiger partial charge is 0.191 e. The largest absolute Gasteiger partial charge is 0.356 e. The molecule has 25 heavy (non-hydrogen) atoms. The van der Waals surface area contributed by atoms with Gasteiger partial charge in [-0.15, -0.1) is 35.3 Å². The second kappa shape index (κ2) is 10.8. The molecule has 0 radical (unpaired) electrons. The Balaban J connectivity index is 0.00000312. The number of aliphatic imine (C=N–C) groups is 1. The van der Waals surface area contributed by atoms with Crippen LogP contribution in [0.5, 0.6) is 0 Å². The zero-order valence-electron chi connectivity index (χ0n) is 15.7. The maximum Gasteiger partial charge on any atom is 0.191 e. The lowest BCUT2D eigenvalue weighted by Crippen LogP contribution is -2.39. The van der Waals surface area contributed by atoms with Crippen molar-refractivity contribution in [1.29, 1.82) is 0 Å². The van der Waals surface area contributed by atoms with Gasteiger partial charge in [0.2, 0.25) is 0 Å². The number of hydrogen-bond donors (Lipinski definition) is 2. The minimum atomic E-state index is 0. The molecule has 4 nitrogen and oxygen atoms in total. The summed E-state index contributed by atoms with van der Waals surface area (Å²) in [4.78, 5) is 10.2. The Bertz CT molecular complexity index is 660. The van der Waals surface area contributed by atoms with E-state index in [-0.39, 0.29) is 24.0 Å². The Morgan fingerprint density at radius 3 is 2.40 bits per heavy atom. The van der Waals surface area contributed by atoms with E-state index in [1.807, 2.05) is 7.05 Å². The van der Waals surface area contributed by atoms with Gasteiger partial charge in [0.15, 0.2) is 5.96 Å². The third kappa shape index (κ3) is 6.93. The molecule has 0 aliphatic heterocycles. The quantitative estimate of drug-likeness (QED) is 0.377. The van der Waals surface area contributed by atoms with Crippen LogP contribution in [-0.4, -0.2) is 31.1 Å². The van der Waals surface area contributed by atoms with Crippen LogP contribution in [0.3, 0.4) is 0 Å². The molecule has 1 atom stereocenters. The van der Waals surface area contributed by atoms with Crippen LogP contribution >= 0.6 is 35.3 Å². The number of nitrogens with one attached hydrogen (secondary N) is 2. The van der Waals surface area contributed by atoms with Crippen LogP contribution in [-0.2, 0) is 6.42 Å². The van der Waals surface area contributed by atoms with Gasteiger partial charge in [0, 0.05) is 31.4 Å². The Morgan fingerprint density at radius 1 is 1.16 bits per heavy atom. The summed E-state index contributed by atoms with van der Waals surface area (Å²) in [6.45, 7) is 10.2. The molecule has 0 spiro atoms. The Labute approximate surface area is 172 Å². The van der Waals surface area contributed by atoms with Crippen molar-refractivity contribution in [2.45, 2.75) is 40.0 Å². The van der Waals surface area contributed by atoms with Crippen molar-refractivity contribution < 1.29 is 0 Å². The molecule has 2 aromatic rings. The highest BCUT2D eigenvalue weighted by atomic mass is 127. The number of aryl methyl sites for hydroxylation is 3. The molecule has 1 aromatic carbocycles. The first kappa shape index (κ1) is 21.9. The molecule has 2 rings (SSSR count). The SMILES string of the molecule is CN=C(NCCc1nc(C)c(C)s1)NCC(C)c1ccc(C)cc1.I. The molecule has 1 heterocycles. The maximum atomic E-state index is 4.57. The lowest BCUT2D eigenvalue weighted by molar-refractivity contribution is 0.697. The monoisotopic (exact) mass is 472 g/mol. The molecule has 2 N–H and O–H groups in total. The summed E-state index contributed by atoms with van der Waals surface area (Å²) in [5.74, 6) is 1.28. The molecular formula is C19H29IN4S. The van der Waals surface area contributed by atoms with Gasteiger partial charge < -0.3 is 10.6 Å². The third-order valence-corrected chi connectivity index (χ3v) is 5.28. The molecule has 6 heteroatoms. The summed E-state index contributed by atoms with van der Waals surface area (Å²) in [7, 11) is 1.81. The summed E-state index contributed by atoms with van der Waals surface area (Å²) < 4.78 is 0. The van der Waals surface area contributed by atoms with Gasteiger partial charge in [-0.05, 0) is 32.3 Å². The molecule has 0 aliphatic rings. The summed E-state index contributed by atoms with van der Waals surface area (Å²) in [5, 5.41) is 7.96. The number of halogens is 1. The van der Waals surface area contributed by atoms with Crippen LogP contribution in [0.1, 0.15) is 39.5 Å². The predicted octanol–water partition coefficient (Wildman–Crippen LogP) is 4.20. The summed E-state index contributed by atoms with van der Waals surface area (Å²) in [6, 6.07) is 8.73. The van der Waals surface area contributed by atoms with Crippen LogP contribution in [0.25, 0.3) is 0 Å². The number of aromatic nitrogens is 1. The van der Waals surface area contributed by atoms with E-state index in [2.05, 4.69) is 72.6 Å². The lowest BCUT2D eigenvalue weighted by atomic mass is 10.0. The van der Waals surface area contributed by atoms with Crippen LogP contribution in [0, 0.1) is 20.8 Å². The van der Waals surface area contributed by atoms with E-state index in [0.29, 0.717) is 5.92 Å². The first-order chi connectivity index (χ1) is 11.5. The number of rotatable bonds is 6. The van der Waals surface area contributed by atoms with E-state index in [0.717, 1.165) is 31.2 Å². The van der Waals surface area contributed by atoms with E-state index in [1.54, 1.807) is 11.3 Å². The summed E-state index contributed by atoms with van der Waals surface area (Å²) in [6.07, 6.45) is 0.924. The fraction of sp³-hybridized carbons (Fsp3) is 0.474. The van der Waals surface area contributed by atoms with Crippen molar-refractivity contribution in [1.82, 2.24) is 15.6 Å². The topological polar surface area (TPSA) is 49.3 Å². The van der Waals surface area contributed by atoms with Crippen molar-refractivity contribution in [3.63, 3.8) is 0 Å². The first-order valence-electron chi connectivity index (χ1n) is 8.43. The van der Waals surface area contributed by atoms with Gasteiger partial charge >= 0.3 is 0 Å². The highest BCUT2D eigenvalue weighted by molar-refractivity contribution is 14.0. The second-order valence-electron chi connectivity index (χ2n) is 6.19. The molecule has 0 saturated carbocycles. The van der Waals surface area contributed by atoms with Crippen molar-refractivity contribution >= 4 is 41.3 Å².